The number of piperazine rings is 1. The van der Waals surface area contributed by atoms with E-state index in [9.17, 15) is 4.79 Å². The highest BCUT2D eigenvalue weighted by Gasteiger charge is 2.25. The molecule has 0 N–H and O–H groups in total. The van der Waals surface area contributed by atoms with Gasteiger partial charge in [-0.05, 0) is 48.2 Å². The minimum atomic E-state index is 0.133. The van der Waals surface area contributed by atoms with Crippen LogP contribution in [0, 0.1) is 5.92 Å². The van der Waals surface area contributed by atoms with Gasteiger partial charge in [0.25, 0.3) is 0 Å². The fourth-order valence-corrected chi connectivity index (χ4v) is 4.89. The summed E-state index contributed by atoms with van der Waals surface area (Å²) in [6, 6.07) is 15.3. The summed E-state index contributed by atoms with van der Waals surface area (Å²) in [6.45, 7) is 7.10. The smallest absolute Gasteiger partial charge is 0.227 e. The number of halogens is 1. The largest absolute Gasteiger partial charge is 0.497 e. The Balaban J connectivity index is 1.37. The predicted molar refractivity (Wildman–Crippen MR) is 150 cm³/mol. The lowest BCUT2D eigenvalue weighted by molar-refractivity contribution is -0.130. The Labute approximate surface area is 228 Å². The maximum absolute atomic E-state index is 13.0. The zero-order valence-corrected chi connectivity index (χ0v) is 22.9. The lowest BCUT2D eigenvalue weighted by Gasteiger charge is -2.35. The van der Waals surface area contributed by atoms with Crippen LogP contribution in [0.3, 0.4) is 0 Å². The van der Waals surface area contributed by atoms with Crippen molar-refractivity contribution in [2.45, 2.75) is 33.1 Å². The van der Waals surface area contributed by atoms with E-state index in [1.165, 1.54) is 0 Å². The molecule has 9 heteroatoms. The molecule has 0 radical (unpaired) electrons. The number of aryl methyl sites for hydroxylation is 1. The van der Waals surface area contributed by atoms with Gasteiger partial charge in [0.05, 0.1) is 30.8 Å². The molecule has 1 aliphatic heterocycles. The summed E-state index contributed by atoms with van der Waals surface area (Å²) in [5.41, 5.74) is 2.62. The van der Waals surface area contributed by atoms with Gasteiger partial charge in [-0.2, -0.15) is 5.10 Å². The highest BCUT2D eigenvalue weighted by Crippen LogP contribution is 2.28. The van der Waals surface area contributed by atoms with E-state index in [0.717, 1.165) is 52.5 Å². The molecule has 2 aromatic heterocycles. The van der Waals surface area contributed by atoms with Crippen molar-refractivity contribution in [3.05, 3.63) is 71.1 Å². The quantitative estimate of drug-likeness (QED) is 0.319. The fraction of sp³-hybridized carbons (Fsp3) is 0.379. The average molecular weight is 533 g/mol. The van der Waals surface area contributed by atoms with Gasteiger partial charge in [0.2, 0.25) is 5.91 Å². The SMILES string of the molecule is COc1ccc(CC(=O)N2CCN(c3nc(CCC(C)C)nc4c3cnn4-c3cccc(Cl)c3)CC2)cc1. The standard InChI is InChI=1S/C29H33ClN6O2/c1-20(2)7-12-26-32-28(25-19-31-36(29(25)33-26)23-6-4-5-22(30)18-23)35-15-13-34(14-16-35)27(37)17-21-8-10-24(38-3)11-9-21/h4-6,8-11,18-20H,7,12-17H2,1-3H3. The van der Waals surface area contributed by atoms with E-state index < -0.39 is 0 Å². The molecule has 0 atom stereocenters. The molecule has 1 amide bonds. The monoisotopic (exact) mass is 532 g/mol. The van der Waals surface area contributed by atoms with Crippen LogP contribution in [0.5, 0.6) is 5.75 Å². The molecule has 4 aromatic rings. The van der Waals surface area contributed by atoms with Crippen molar-refractivity contribution in [2.24, 2.45) is 5.92 Å². The molecule has 0 saturated carbocycles. The zero-order valence-electron chi connectivity index (χ0n) is 22.1. The molecule has 3 heterocycles. The molecule has 1 fully saturated rings. The number of nitrogens with zero attached hydrogens (tertiary/aromatic N) is 6. The lowest BCUT2D eigenvalue weighted by Crippen LogP contribution is -2.49. The number of rotatable bonds is 8. The van der Waals surface area contributed by atoms with Crippen LogP contribution in [0.15, 0.2) is 54.7 Å². The molecule has 5 rings (SSSR count). The van der Waals surface area contributed by atoms with Crippen molar-refractivity contribution in [1.29, 1.82) is 0 Å². The van der Waals surface area contributed by atoms with Crippen molar-refractivity contribution in [2.75, 3.05) is 38.2 Å². The van der Waals surface area contributed by atoms with E-state index in [-0.39, 0.29) is 5.91 Å². The highest BCUT2D eigenvalue weighted by atomic mass is 35.5. The molecule has 1 aliphatic rings. The molecule has 0 unspecified atom stereocenters. The van der Waals surface area contributed by atoms with Gasteiger partial charge in [0.1, 0.15) is 17.4 Å². The molecular formula is C29H33ClN6O2. The number of benzene rings is 2. The van der Waals surface area contributed by atoms with Crippen LogP contribution in [-0.2, 0) is 17.6 Å². The second-order valence-corrected chi connectivity index (χ2v) is 10.5. The Kier molecular flexibility index (Phi) is 7.79. The molecule has 1 saturated heterocycles. The number of carbonyl (C=O) groups is 1. The van der Waals surface area contributed by atoms with E-state index in [1.807, 2.05) is 64.3 Å². The molecule has 8 nitrogen and oxygen atoms in total. The number of amides is 1. The normalized spacial score (nSPS) is 13.9. The first kappa shape index (κ1) is 26.0. The minimum absolute atomic E-state index is 0.133. The molecule has 0 spiro atoms. The molecular weight excluding hydrogens is 500 g/mol. The summed E-state index contributed by atoms with van der Waals surface area (Å²) in [4.78, 5) is 27.1. The lowest BCUT2D eigenvalue weighted by atomic mass is 10.1. The molecule has 198 valence electrons. The van der Waals surface area contributed by atoms with Crippen molar-refractivity contribution in [3.63, 3.8) is 0 Å². The highest BCUT2D eigenvalue weighted by molar-refractivity contribution is 6.30. The first-order valence-electron chi connectivity index (χ1n) is 13.1. The van der Waals surface area contributed by atoms with Gasteiger partial charge < -0.3 is 14.5 Å². The summed E-state index contributed by atoms with van der Waals surface area (Å²) in [5, 5.41) is 6.20. The fourth-order valence-electron chi connectivity index (χ4n) is 4.70. The number of methoxy groups -OCH3 is 1. The van der Waals surface area contributed by atoms with E-state index in [2.05, 4.69) is 23.8 Å². The van der Waals surface area contributed by atoms with Crippen molar-refractivity contribution in [1.82, 2.24) is 24.6 Å². The van der Waals surface area contributed by atoms with E-state index in [4.69, 9.17) is 26.3 Å². The van der Waals surface area contributed by atoms with E-state index >= 15 is 0 Å². The number of hydrogen-bond acceptors (Lipinski definition) is 6. The first-order valence-corrected chi connectivity index (χ1v) is 13.5. The number of aromatic nitrogens is 4. The first-order chi connectivity index (χ1) is 18.4. The van der Waals surface area contributed by atoms with E-state index in [1.54, 1.807) is 7.11 Å². The number of anilines is 1. The van der Waals surface area contributed by atoms with Crippen molar-refractivity contribution in [3.8, 4) is 11.4 Å². The summed E-state index contributed by atoms with van der Waals surface area (Å²) < 4.78 is 7.05. The molecule has 38 heavy (non-hydrogen) atoms. The Hall–Kier alpha value is -3.65. The molecule has 0 bridgehead atoms. The summed E-state index contributed by atoms with van der Waals surface area (Å²) >= 11 is 6.27. The number of hydrogen-bond donors (Lipinski definition) is 0. The Morgan fingerprint density at radius 1 is 1.05 bits per heavy atom. The third-order valence-electron chi connectivity index (χ3n) is 6.90. The van der Waals surface area contributed by atoms with Gasteiger partial charge in [0, 0.05) is 37.6 Å². The van der Waals surface area contributed by atoms with Crippen molar-refractivity contribution >= 4 is 34.4 Å². The zero-order chi connectivity index (χ0) is 26.6. The maximum Gasteiger partial charge on any atom is 0.227 e. The Bertz CT molecular complexity index is 1410. The topological polar surface area (TPSA) is 76.4 Å². The van der Waals surface area contributed by atoms with Gasteiger partial charge >= 0.3 is 0 Å². The van der Waals surface area contributed by atoms with Gasteiger partial charge in [-0.25, -0.2) is 14.6 Å². The molecule has 2 aromatic carbocycles. The Morgan fingerprint density at radius 3 is 2.50 bits per heavy atom. The maximum atomic E-state index is 13.0. The second kappa shape index (κ2) is 11.4. The van der Waals surface area contributed by atoms with Gasteiger partial charge in [-0.3, -0.25) is 4.79 Å². The third kappa shape index (κ3) is 5.75. The second-order valence-electron chi connectivity index (χ2n) is 10.1. The van der Waals surface area contributed by atoms with Crippen LogP contribution < -0.4 is 9.64 Å². The third-order valence-corrected chi connectivity index (χ3v) is 7.13. The predicted octanol–water partition coefficient (Wildman–Crippen LogP) is 4.96. The van der Waals surface area contributed by atoms with Crippen LogP contribution in [0.4, 0.5) is 5.82 Å². The molecule has 0 aliphatic carbocycles. The van der Waals surface area contributed by atoms with Crippen LogP contribution in [0.1, 0.15) is 31.7 Å². The number of ether oxygens (including phenoxy) is 1. The van der Waals surface area contributed by atoms with Crippen LogP contribution in [-0.4, -0.2) is 63.8 Å². The number of carbonyl (C=O) groups excluding carboxylic acids is 1. The van der Waals surface area contributed by atoms with Crippen LogP contribution >= 0.6 is 11.6 Å². The summed E-state index contributed by atoms with van der Waals surface area (Å²) in [7, 11) is 1.64. The van der Waals surface area contributed by atoms with Crippen LogP contribution in [0.2, 0.25) is 5.02 Å². The average Bonchev–Trinajstić information content (AvgIpc) is 3.36. The Morgan fingerprint density at radius 2 is 1.82 bits per heavy atom. The van der Waals surface area contributed by atoms with Gasteiger partial charge in [0.15, 0.2) is 5.65 Å². The van der Waals surface area contributed by atoms with Crippen LogP contribution in [0.25, 0.3) is 16.7 Å². The number of fused-ring (bicyclic) bond motifs is 1. The van der Waals surface area contributed by atoms with Gasteiger partial charge in [-0.1, -0.05) is 43.6 Å². The van der Waals surface area contributed by atoms with Gasteiger partial charge in [-0.15, -0.1) is 0 Å². The summed E-state index contributed by atoms with van der Waals surface area (Å²) in [6.07, 6.45) is 4.01. The minimum Gasteiger partial charge on any atom is -0.497 e. The van der Waals surface area contributed by atoms with E-state index in [0.29, 0.717) is 43.5 Å². The van der Waals surface area contributed by atoms with Crippen molar-refractivity contribution < 1.29 is 9.53 Å². The summed E-state index contributed by atoms with van der Waals surface area (Å²) in [5.74, 6) is 3.16.